The van der Waals surface area contributed by atoms with Gasteiger partial charge in [-0.2, -0.15) is 5.26 Å². The van der Waals surface area contributed by atoms with Gasteiger partial charge in [0.2, 0.25) is 0 Å². The molecule has 1 saturated heterocycles. The van der Waals surface area contributed by atoms with E-state index in [9.17, 15) is 14.9 Å². The SMILES string of the molecule is Cc1cccn2c(=O)c(/C=C(\C#N)C(=O)NCCc3ccccc3)c(N3CCCC(C)C3)nc12. The number of hydrogen-bond acceptors (Lipinski definition) is 5. The molecule has 0 spiro atoms. The molecule has 1 unspecified atom stereocenters. The lowest BCUT2D eigenvalue weighted by Crippen LogP contribution is -2.37. The maximum absolute atomic E-state index is 13.5. The van der Waals surface area contributed by atoms with Crippen LogP contribution in [0.3, 0.4) is 0 Å². The van der Waals surface area contributed by atoms with Crippen molar-refractivity contribution in [3.05, 3.63) is 81.3 Å². The molecule has 174 valence electrons. The Balaban J connectivity index is 1.70. The van der Waals surface area contributed by atoms with Crippen LogP contribution in [0.25, 0.3) is 11.7 Å². The van der Waals surface area contributed by atoms with Crippen molar-refractivity contribution in [1.82, 2.24) is 14.7 Å². The number of amides is 1. The van der Waals surface area contributed by atoms with E-state index in [1.54, 1.807) is 12.3 Å². The van der Waals surface area contributed by atoms with Gasteiger partial charge in [-0.25, -0.2) is 4.98 Å². The minimum atomic E-state index is -0.495. The Labute approximate surface area is 199 Å². The number of fused-ring (bicyclic) bond motifs is 1. The Morgan fingerprint density at radius 3 is 2.79 bits per heavy atom. The molecule has 1 aliphatic rings. The molecule has 4 rings (SSSR count). The second-order valence-electron chi connectivity index (χ2n) is 8.89. The van der Waals surface area contributed by atoms with E-state index < -0.39 is 5.91 Å². The molecule has 1 atom stereocenters. The van der Waals surface area contributed by atoms with Gasteiger partial charge in [0.05, 0.1) is 5.56 Å². The first-order chi connectivity index (χ1) is 16.5. The Kier molecular flexibility index (Phi) is 7.07. The van der Waals surface area contributed by atoms with Gasteiger partial charge in [0.1, 0.15) is 23.1 Å². The summed E-state index contributed by atoms with van der Waals surface area (Å²) >= 11 is 0. The predicted octanol–water partition coefficient (Wildman–Crippen LogP) is 3.51. The maximum atomic E-state index is 13.5. The van der Waals surface area contributed by atoms with Gasteiger partial charge in [-0.3, -0.25) is 14.0 Å². The number of carbonyl (C=O) groups excluding carboxylic acids is 1. The zero-order valence-corrected chi connectivity index (χ0v) is 19.6. The molecule has 0 saturated carbocycles. The number of hydrogen-bond donors (Lipinski definition) is 1. The molecule has 1 aliphatic heterocycles. The van der Waals surface area contributed by atoms with Gasteiger partial charge in [0.15, 0.2) is 0 Å². The second kappa shape index (κ2) is 10.3. The summed E-state index contributed by atoms with van der Waals surface area (Å²) in [7, 11) is 0. The summed E-state index contributed by atoms with van der Waals surface area (Å²) in [5, 5.41) is 12.5. The van der Waals surface area contributed by atoms with Gasteiger partial charge >= 0.3 is 0 Å². The van der Waals surface area contributed by atoms with Crippen molar-refractivity contribution in [3.8, 4) is 6.07 Å². The first-order valence-electron chi connectivity index (χ1n) is 11.7. The van der Waals surface area contributed by atoms with Crippen molar-refractivity contribution in [2.45, 2.75) is 33.1 Å². The summed E-state index contributed by atoms with van der Waals surface area (Å²) in [5.41, 5.74) is 2.45. The Bertz CT molecular complexity index is 1320. The van der Waals surface area contributed by atoms with Gasteiger partial charge in [0, 0.05) is 25.8 Å². The molecule has 3 heterocycles. The minimum absolute atomic E-state index is 0.106. The van der Waals surface area contributed by atoms with Gasteiger partial charge in [0.25, 0.3) is 11.5 Å². The fourth-order valence-electron chi connectivity index (χ4n) is 4.40. The summed E-state index contributed by atoms with van der Waals surface area (Å²) in [6, 6.07) is 15.5. The highest BCUT2D eigenvalue weighted by Gasteiger charge is 2.24. The lowest BCUT2D eigenvalue weighted by Gasteiger charge is -2.32. The lowest BCUT2D eigenvalue weighted by molar-refractivity contribution is -0.117. The molecular formula is C27H29N5O2. The minimum Gasteiger partial charge on any atom is -0.356 e. The van der Waals surface area contributed by atoms with E-state index in [4.69, 9.17) is 4.98 Å². The molecule has 1 fully saturated rings. The molecule has 34 heavy (non-hydrogen) atoms. The summed E-state index contributed by atoms with van der Waals surface area (Å²) in [4.78, 5) is 33.3. The molecule has 0 radical (unpaired) electrons. The van der Waals surface area contributed by atoms with Crippen LogP contribution >= 0.6 is 0 Å². The van der Waals surface area contributed by atoms with Crippen molar-refractivity contribution in [1.29, 1.82) is 5.26 Å². The van der Waals surface area contributed by atoms with Crippen LogP contribution in [-0.2, 0) is 11.2 Å². The fourth-order valence-corrected chi connectivity index (χ4v) is 4.40. The molecule has 7 nitrogen and oxygen atoms in total. The Morgan fingerprint density at radius 1 is 1.26 bits per heavy atom. The van der Waals surface area contributed by atoms with Crippen LogP contribution in [0.5, 0.6) is 0 Å². The van der Waals surface area contributed by atoms with E-state index in [-0.39, 0.29) is 16.7 Å². The zero-order chi connectivity index (χ0) is 24.1. The highest BCUT2D eigenvalue weighted by atomic mass is 16.1. The predicted molar refractivity (Wildman–Crippen MR) is 134 cm³/mol. The number of aromatic nitrogens is 2. The summed E-state index contributed by atoms with van der Waals surface area (Å²) in [6.07, 6.45) is 5.85. The van der Waals surface area contributed by atoms with Crippen molar-refractivity contribution in [3.63, 3.8) is 0 Å². The first-order valence-corrected chi connectivity index (χ1v) is 11.7. The maximum Gasteiger partial charge on any atom is 0.267 e. The quantitative estimate of drug-likeness (QED) is 0.454. The number of nitrogens with zero attached hydrogens (tertiary/aromatic N) is 4. The van der Waals surface area contributed by atoms with Crippen LogP contribution < -0.4 is 15.8 Å². The van der Waals surface area contributed by atoms with Crippen LogP contribution in [0.2, 0.25) is 0 Å². The summed E-state index contributed by atoms with van der Waals surface area (Å²) in [5.74, 6) is 0.514. The third-order valence-electron chi connectivity index (χ3n) is 6.22. The highest BCUT2D eigenvalue weighted by molar-refractivity contribution is 6.02. The Hall–Kier alpha value is -3.92. The van der Waals surface area contributed by atoms with E-state index in [0.29, 0.717) is 30.3 Å². The summed E-state index contributed by atoms with van der Waals surface area (Å²) < 4.78 is 1.49. The van der Waals surface area contributed by atoms with Crippen LogP contribution in [0.15, 0.2) is 59.0 Å². The number of anilines is 1. The van der Waals surface area contributed by atoms with E-state index in [0.717, 1.165) is 37.1 Å². The van der Waals surface area contributed by atoms with Gasteiger partial charge in [-0.15, -0.1) is 0 Å². The molecule has 1 amide bonds. The molecule has 0 bridgehead atoms. The number of carbonyl (C=O) groups is 1. The van der Waals surface area contributed by atoms with Crippen molar-refractivity contribution in [2.75, 3.05) is 24.5 Å². The molecule has 0 aliphatic carbocycles. The number of piperidine rings is 1. The smallest absolute Gasteiger partial charge is 0.267 e. The van der Waals surface area contributed by atoms with E-state index in [1.807, 2.05) is 49.4 Å². The highest BCUT2D eigenvalue weighted by Crippen LogP contribution is 2.25. The van der Waals surface area contributed by atoms with Crippen LogP contribution in [0, 0.1) is 24.2 Å². The Morgan fingerprint density at radius 2 is 2.06 bits per heavy atom. The van der Waals surface area contributed by atoms with Crippen molar-refractivity contribution < 1.29 is 4.79 Å². The zero-order valence-electron chi connectivity index (χ0n) is 19.6. The number of nitrogens with one attached hydrogen (secondary N) is 1. The van der Waals surface area contributed by atoms with E-state index >= 15 is 0 Å². The van der Waals surface area contributed by atoms with E-state index in [2.05, 4.69) is 17.1 Å². The second-order valence-corrected chi connectivity index (χ2v) is 8.89. The third-order valence-corrected chi connectivity index (χ3v) is 6.22. The molecule has 7 heteroatoms. The summed E-state index contributed by atoms with van der Waals surface area (Å²) in [6.45, 7) is 6.06. The normalized spacial score (nSPS) is 16.3. The molecule has 2 aromatic heterocycles. The molecule has 1 aromatic carbocycles. The van der Waals surface area contributed by atoms with E-state index in [1.165, 1.54) is 10.5 Å². The lowest BCUT2D eigenvalue weighted by atomic mass is 10.00. The number of rotatable bonds is 6. The largest absolute Gasteiger partial charge is 0.356 e. The third kappa shape index (κ3) is 5.01. The number of nitriles is 1. The topological polar surface area (TPSA) is 90.5 Å². The monoisotopic (exact) mass is 455 g/mol. The van der Waals surface area contributed by atoms with Gasteiger partial charge in [-0.1, -0.05) is 43.3 Å². The van der Waals surface area contributed by atoms with Crippen LogP contribution in [0.4, 0.5) is 5.82 Å². The fraction of sp³-hybridized carbons (Fsp3) is 0.333. The van der Waals surface area contributed by atoms with Gasteiger partial charge < -0.3 is 10.2 Å². The standard InChI is InChI=1S/C27H29N5O2/c1-19-8-6-14-31(18-19)25-23(27(34)32-15-7-9-20(2)24(32)30-25)16-22(17-28)26(33)29-13-12-21-10-4-3-5-11-21/h3-5,7,9-11,15-16,19H,6,8,12-14,18H2,1-2H3,(H,29,33)/b22-16+. The number of aryl methyl sites for hydroxylation is 1. The number of pyridine rings is 1. The first kappa shape index (κ1) is 23.2. The average molecular weight is 456 g/mol. The van der Waals surface area contributed by atoms with Crippen LogP contribution in [-0.4, -0.2) is 34.9 Å². The molecular weight excluding hydrogens is 426 g/mol. The number of benzene rings is 1. The van der Waals surface area contributed by atoms with Crippen molar-refractivity contribution in [2.24, 2.45) is 5.92 Å². The van der Waals surface area contributed by atoms with Crippen molar-refractivity contribution >= 4 is 23.4 Å². The molecule has 1 N–H and O–H groups in total. The van der Waals surface area contributed by atoms with Crippen LogP contribution in [0.1, 0.15) is 36.5 Å². The average Bonchev–Trinajstić information content (AvgIpc) is 2.84. The molecule has 3 aromatic rings. The van der Waals surface area contributed by atoms with Gasteiger partial charge in [-0.05, 0) is 55.4 Å².